The zero-order valence-electron chi connectivity index (χ0n) is 13.6. The highest BCUT2D eigenvalue weighted by Crippen LogP contribution is 2.28. The molecule has 3 rings (SSSR count). The maximum Gasteiger partial charge on any atom is 0.262 e. The molecule has 124 valence electrons. The Labute approximate surface area is 141 Å². The molecule has 1 heterocycles. The quantitative estimate of drug-likeness (QED) is 0.920. The maximum absolute atomic E-state index is 12.6. The van der Waals surface area contributed by atoms with E-state index in [2.05, 4.69) is 5.32 Å². The Bertz CT molecular complexity index is 744. The van der Waals surface area contributed by atoms with Crippen LogP contribution in [0.15, 0.2) is 48.5 Å². The van der Waals surface area contributed by atoms with Crippen LogP contribution in [0.3, 0.4) is 0 Å². The van der Waals surface area contributed by atoms with Crippen LogP contribution in [-0.4, -0.2) is 29.9 Å². The highest BCUT2D eigenvalue weighted by Gasteiger charge is 2.18. The maximum atomic E-state index is 12.6. The van der Waals surface area contributed by atoms with Gasteiger partial charge in [-0.2, -0.15) is 0 Å². The van der Waals surface area contributed by atoms with Crippen molar-refractivity contribution < 1.29 is 14.3 Å². The number of nitrogens with one attached hydrogen (secondary N) is 1. The molecule has 1 aliphatic heterocycles. The van der Waals surface area contributed by atoms with Gasteiger partial charge in [-0.1, -0.05) is 36.4 Å². The number of carbonyl (C=O) groups is 2. The van der Waals surface area contributed by atoms with Gasteiger partial charge >= 0.3 is 0 Å². The minimum absolute atomic E-state index is 0.0337. The Balaban J connectivity index is 1.69. The number of rotatable bonds is 5. The van der Waals surface area contributed by atoms with E-state index in [1.807, 2.05) is 48.2 Å². The zero-order chi connectivity index (χ0) is 16.9. The molecular formula is C19H20N2O3. The summed E-state index contributed by atoms with van der Waals surface area (Å²) in [7, 11) is 0. The summed E-state index contributed by atoms with van der Waals surface area (Å²) in [6.07, 6.45) is 0.295. The van der Waals surface area contributed by atoms with Crippen molar-refractivity contribution in [1.82, 2.24) is 4.90 Å². The molecule has 2 amide bonds. The summed E-state index contributed by atoms with van der Waals surface area (Å²) in [5, 5.41) is 2.77. The molecule has 2 aromatic rings. The topological polar surface area (TPSA) is 58.6 Å². The summed E-state index contributed by atoms with van der Waals surface area (Å²) < 4.78 is 5.34. The highest BCUT2D eigenvalue weighted by molar-refractivity contribution is 5.95. The molecule has 5 nitrogen and oxygen atoms in total. The van der Waals surface area contributed by atoms with Crippen LogP contribution in [0.1, 0.15) is 18.1 Å². The largest absolute Gasteiger partial charge is 0.482 e. The van der Waals surface area contributed by atoms with E-state index in [9.17, 15) is 9.59 Å². The first-order valence-electron chi connectivity index (χ1n) is 8.03. The molecular weight excluding hydrogens is 304 g/mol. The van der Waals surface area contributed by atoms with E-state index in [1.165, 1.54) is 0 Å². The lowest BCUT2D eigenvalue weighted by Gasteiger charge is -2.22. The molecule has 1 aliphatic rings. The fourth-order valence-corrected chi connectivity index (χ4v) is 2.71. The third kappa shape index (κ3) is 3.74. The van der Waals surface area contributed by atoms with Gasteiger partial charge < -0.3 is 15.0 Å². The first kappa shape index (κ1) is 16.1. The van der Waals surface area contributed by atoms with Gasteiger partial charge in [0.25, 0.3) is 5.91 Å². The standard InChI is InChI=1S/C19H20N2O3/c1-2-21(12-14-6-4-3-5-7-14)19(23)11-15-8-9-17-16(10-15)20-18(22)13-24-17/h3-10H,2,11-13H2,1H3,(H,20,22). The van der Waals surface area contributed by atoms with Crippen LogP contribution in [0.2, 0.25) is 0 Å². The number of hydrogen-bond donors (Lipinski definition) is 1. The number of fused-ring (bicyclic) bond motifs is 1. The van der Waals surface area contributed by atoms with Crippen LogP contribution < -0.4 is 10.1 Å². The first-order valence-corrected chi connectivity index (χ1v) is 8.03. The lowest BCUT2D eigenvalue weighted by molar-refractivity contribution is -0.130. The van der Waals surface area contributed by atoms with E-state index in [0.29, 0.717) is 30.9 Å². The molecule has 24 heavy (non-hydrogen) atoms. The van der Waals surface area contributed by atoms with Crippen molar-refractivity contribution in [2.45, 2.75) is 19.9 Å². The molecule has 0 aromatic heterocycles. The Morgan fingerprint density at radius 3 is 2.71 bits per heavy atom. The van der Waals surface area contributed by atoms with Crippen LogP contribution in [-0.2, 0) is 22.6 Å². The second kappa shape index (κ2) is 7.17. The van der Waals surface area contributed by atoms with Crippen LogP contribution in [0.25, 0.3) is 0 Å². The highest BCUT2D eigenvalue weighted by atomic mass is 16.5. The zero-order valence-corrected chi connectivity index (χ0v) is 13.6. The second-order valence-electron chi connectivity index (χ2n) is 5.74. The van der Waals surface area contributed by atoms with Crippen molar-refractivity contribution in [1.29, 1.82) is 0 Å². The lowest BCUT2D eigenvalue weighted by Crippen LogP contribution is -2.31. The summed E-state index contributed by atoms with van der Waals surface area (Å²) >= 11 is 0. The van der Waals surface area contributed by atoms with Crippen molar-refractivity contribution in [3.8, 4) is 5.75 Å². The minimum Gasteiger partial charge on any atom is -0.482 e. The van der Waals surface area contributed by atoms with Crippen LogP contribution in [0, 0.1) is 0 Å². The summed E-state index contributed by atoms with van der Waals surface area (Å²) in [5.74, 6) is 0.525. The molecule has 0 aliphatic carbocycles. The summed E-state index contributed by atoms with van der Waals surface area (Å²) in [6, 6.07) is 15.4. The molecule has 0 spiro atoms. The first-order chi connectivity index (χ1) is 11.7. The van der Waals surface area contributed by atoms with Crippen molar-refractivity contribution >= 4 is 17.5 Å². The normalized spacial score (nSPS) is 12.8. The van der Waals surface area contributed by atoms with Gasteiger partial charge in [-0.3, -0.25) is 9.59 Å². The van der Waals surface area contributed by atoms with Crippen molar-refractivity contribution in [2.75, 3.05) is 18.5 Å². The summed E-state index contributed by atoms with van der Waals surface area (Å²) in [4.78, 5) is 25.8. The Kier molecular flexibility index (Phi) is 4.79. The monoisotopic (exact) mass is 324 g/mol. The van der Waals surface area contributed by atoms with E-state index < -0.39 is 0 Å². The van der Waals surface area contributed by atoms with Crippen molar-refractivity contribution in [2.24, 2.45) is 0 Å². The number of nitrogens with zero attached hydrogens (tertiary/aromatic N) is 1. The number of ether oxygens (including phenoxy) is 1. The third-order valence-electron chi connectivity index (χ3n) is 3.98. The van der Waals surface area contributed by atoms with E-state index in [4.69, 9.17) is 4.74 Å². The third-order valence-corrected chi connectivity index (χ3v) is 3.98. The average Bonchev–Trinajstić information content (AvgIpc) is 2.60. The fraction of sp³-hybridized carbons (Fsp3) is 0.263. The molecule has 0 saturated heterocycles. The Hall–Kier alpha value is -2.82. The van der Waals surface area contributed by atoms with E-state index in [-0.39, 0.29) is 18.4 Å². The molecule has 0 saturated carbocycles. The number of benzene rings is 2. The Morgan fingerprint density at radius 1 is 1.17 bits per heavy atom. The van der Waals surface area contributed by atoms with Gasteiger partial charge in [0.2, 0.25) is 5.91 Å². The molecule has 0 unspecified atom stereocenters. The molecule has 0 fully saturated rings. The van der Waals surface area contributed by atoms with E-state index in [0.717, 1.165) is 11.1 Å². The smallest absolute Gasteiger partial charge is 0.262 e. The molecule has 0 atom stereocenters. The molecule has 5 heteroatoms. The number of likely N-dealkylation sites (N-methyl/N-ethyl adjacent to an activating group) is 1. The average molecular weight is 324 g/mol. The van der Waals surface area contributed by atoms with E-state index >= 15 is 0 Å². The minimum atomic E-state index is -0.176. The summed E-state index contributed by atoms with van der Waals surface area (Å²) in [5.41, 5.74) is 2.59. The number of hydrogen-bond acceptors (Lipinski definition) is 3. The van der Waals surface area contributed by atoms with Gasteiger partial charge in [0.05, 0.1) is 12.1 Å². The lowest BCUT2D eigenvalue weighted by atomic mass is 10.1. The van der Waals surface area contributed by atoms with Crippen LogP contribution in [0.5, 0.6) is 5.75 Å². The van der Waals surface area contributed by atoms with Gasteiger partial charge in [-0.15, -0.1) is 0 Å². The SMILES string of the molecule is CCN(Cc1ccccc1)C(=O)Cc1ccc2c(c1)NC(=O)CO2. The van der Waals surface area contributed by atoms with E-state index in [1.54, 1.807) is 12.1 Å². The number of anilines is 1. The Morgan fingerprint density at radius 2 is 1.96 bits per heavy atom. The molecule has 0 bridgehead atoms. The van der Waals surface area contributed by atoms with Gasteiger partial charge in [-0.25, -0.2) is 0 Å². The van der Waals surface area contributed by atoms with Gasteiger partial charge in [0.1, 0.15) is 5.75 Å². The van der Waals surface area contributed by atoms with Crippen LogP contribution >= 0.6 is 0 Å². The molecule has 2 aromatic carbocycles. The van der Waals surface area contributed by atoms with Crippen molar-refractivity contribution in [3.63, 3.8) is 0 Å². The number of amides is 2. The second-order valence-corrected chi connectivity index (χ2v) is 5.74. The fourth-order valence-electron chi connectivity index (χ4n) is 2.71. The van der Waals surface area contributed by atoms with Gasteiger partial charge in [0, 0.05) is 13.1 Å². The molecule has 1 N–H and O–H groups in total. The predicted molar refractivity (Wildman–Crippen MR) is 91.8 cm³/mol. The number of carbonyl (C=O) groups excluding carboxylic acids is 2. The van der Waals surface area contributed by atoms with Crippen LogP contribution in [0.4, 0.5) is 5.69 Å². The molecule has 0 radical (unpaired) electrons. The van der Waals surface area contributed by atoms with Gasteiger partial charge in [-0.05, 0) is 30.2 Å². The van der Waals surface area contributed by atoms with Gasteiger partial charge in [0.15, 0.2) is 6.61 Å². The van der Waals surface area contributed by atoms with Crippen molar-refractivity contribution in [3.05, 3.63) is 59.7 Å². The predicted octanol–water partition coefficient (Wildman–Crippen LogP) is 2.61. The summed E-state index contributed by atoms with van der Waals surface area (Å²) in [6.45, 7) is 3.26.